The van der Waals surface area contributed by atoms with Crippen molar-refractivity contribution in [2.75, 3.05) is 26.3 Å². The topological polar surface area (TPSA) is 29.5 Å². The zero-order valence-corrected chi connectivity index (χ0v) is 11.7. The standard InChI is InChI=1S/C14H27NO2/c1-11(2)9-17-10-13-5-7-15(8-6-13)14(16)12(3)4/h11-13H,5-10H2,1-4H3. The van der Waals surface area contributed by atoms with Crippen LogP contribution in [-0.2, 0) is 9.53 Å². The minimum absolute atomic E-state index is 0.128. The van der Waals surface area contributed by atoms with Crippen LogP contribution in [0, 0.1) is 17.8 Å². The molecule has 0 unspecified atom stereocenters. The van der Waals surface area contributed by atoms with Crippen LogP contribution in [0.5, 0.6) is 0 Å². The van der Waals surface area contributed by atoms with E-state index in [1.165, 1.54) is 0 Å². The van der Waals surface area contributed by atoms with E-state index in [0.29, 0.717) is 17.7 Å². The van der Waals surface area contributed by atoms with Crippen LogP contribution >= 0.6 is 0 Å². The average Bonchev–Trinajstić information content (AvgIpc) is 2.28. The number of carbonyl (C=O) groups is 1. The predicted octanol–water partition coefficient (Wildman–Crippen LogP) is 2.55. The van der Waals surface area contributed by atoms with Gasteiger partial charge in [-0.2, -0.15) is 0 Å². The molecule has 17 heavy (non-hydrogen) atoms. The molecule has 0 aromatic rings. The van der Waals surface area contributed by atoms with E-state index in [9.17, 15) is 4.79 Å². The Morgan fingerprint density at radius 2 is 1.82 bits per heavy atom. The molecule has 1 heterocycles. The Bertz CT molecular complexity index is 230. The summed E-state index contributed by atoms with van der Waals surface area (Å²) in [6.07, 6.45) is 2.19. The Hall–Kier alpha value is -0.570. The molecule has 0 aromatic carbocycles. The Kier molecular flexibility index (Phi) is 5.96. The molecule has 1 amide bonds. The largest absolute Gasteiger partial charge is 0.381 e. The highest BCUT2D eigenvalue weighted by molar-refractivity contribution is 5.78. The maximum Gasteiger partial charge on any atom is 0.225 e. The van der Waals surface area contributed by atoms with Crippen LogP contribution in [0.4, 0.5) is 0 Å². The van der Waals surface area contributed by atoms with Gasteiger partial charge in [0.15, 0.2) is 0 Å². The van der Waals surface area contributed by atoms with E-state index in [4.69, 9.17) is 4.74 Å². The first kappa shape index (κ1) is 14.5. The van der Waals surface area contributed by atoms with Gasteiger partial charge in [0.25, 0.3) is 0 Å². The minimum Gasteiger partial charge on any atom is -0.381 e. The third kappa shape index (κ3) is 5.07. The number of rotatable bonds is 5. The number of carbonyl (C=O) groups excluding carboxylic acids is 1. The SMILES string of the molecule is CC(C)COCC1CCN(C(=O)C(C)C)CC1. The number of likely N-dealkylation sites (tertiary alicyclic amines) is 1. The number of ether oxygens (including phenoxy) is 1. The van der Waals surface area contributed by atoms with Gasteiger partial charge in [-0.1, -0.05) is 27.7 Å². The molecule has 1 fully saturated rings. The smallest absolute Gasteiger partial charge is 0.225 e. The molecule has 0 spiro atoms. The molecule has 1 aliphatic heterocycles. The second kappa shape index (κ2) is 7.00. The highest BCUT2D eigenvalue weighted by Crippen LogP contribution is 2.19. The van der Waals surface area contributed by atoms with Crippen molar-refractivity contribution < 1.29 is 9.53 Å². The Morgan fingerprint density at radius 3 is 2.29 bits per heavy atom. The van der Waals surface area contributed by atoms with Crippen LogP contribution in [0.1, 0.15) is 40.5 Å². The van der Waals surface area contributed by atoms with Crippen molar-refractivity contribution in [3.63, 3.8) is 0 Å². The summed E-state index contributed by atoms with van der Waals surface area (Å²) in [4.78, 5) is 13.8. The molecule has 100 valence electrons. The van der Waals surface area contributed by atoms with E-state index in [1.54, 1.807) is 0 Å². The molecular weight excluding hydrogens is 214 g/mol. The van der Waals surface area contributed by atoms with Gasteiger partial charge in [0.05, 0.1) is 0 Å². The van der Waals surface area contributed by atoms with E-state index in [-0.39, 0.29) is 5.92 Å². The number of amides is 1. The second-order valence-electron chi connectivity index (χ2n) is 5.85. The molecule has 0 N–H and O–H groups in total. The van der Waals surface area contributed by atoms with Gasteiger partial charge in [-0.15, -0.1) is 0 Å². The minimum atomic E-state index is 0.128. The monoisotopic (exact) mass is 241 g/mol. The lowest BCUT2D eigenvalue weighted by molar-refractivity contribution is -0.136. The number of hydrogen-bond donors (Lipinski definition) is 0. The van der Waals surface area contributed by atoms with Crippen molar-refractivity contribution >= 4 is 5.91 Å². The number of hydrogen-bond acceptors (Lipinski definition) is 2. The molecule has 0 bridgehead atoms. The average molecular weight is 241 g/mol. The highest BCUT2D eigenvalue weighted by atomic mass is 16.5. The fourth-order valence-corrected chi connectivity index (χ4v) is 2.16. The molecule has 0 aliphatic carbocycles. The first-order valence-electron chi connectivity index (χ1n) is 6.87. The van der Waals surface area contributed by atoms with E-state index in [0.717, 1.165) is 39.1 Å². The predicted molar refractivity (Wildman–Crippen MR) is 69.8 cm³/mol. The summed E-state index contributed by atoms with van der Waals surface area (Å²) in [7, 11) is 0. The Morgan fingerprint density at radius 1 is 1.24 bits per heavy atom. The summed E-state index contributed by atoms with van der Waals surface area (Å²) >= 11 is 0. The summed E-state index contributed by atoms with van der Waals surface area (Å²) in [6, 6.07) is 0. The zero-order valence-electron chi connectivity index (χ0n) is 11.7. The van der Waals surface area contributed by atoms with Gasteiger partial charge in [0.1, 0.15) is 0 Å². The lowest BCUT2D eigenvalue weighted by atomic mass is 9.97. The zero-order chi connectivity index (χ0) is 12.8. The molecule has 3 nitrogen and oxygen atoms in total. The third-order valence-corrected chi connectivity index (χ3v) is 3.22. The van der Waals surface area contributed by atoms with Gasteiger partial charge in [0.2, 0.25) is 5.91 Å². The fourth-order valence-electron chi connectivity index (χ4n) is 2.16. The third-order valence-electron chi connectivity index (χ3n) is 3.22. The van der Waals surface area contributed by atoms with Gasteiger partial charge in [-0.25, -0.2) is 0 Å². The molecule has 0 saturated carbocycles. The highest BCUT2D eigenvalue weighted by Gasteiger charge is 2.24. The second-order valence-corrected chi connectivity index (χ2v) is 5.85. The summed E-state index contributed by atoms with van der Waals surface area (Å²) in [6.45, 7) is 11.8. The Labute approximate surface area is 106 Å². The Balaban J connectivity index is 2.19. The van der Waals surface area contributed by atoms with Crippen LogP contribution in [0.3, 0.4) is 0 Å². The van der Waals surface area contributed by atoms with Crippen molar-refractivity contribution in [1.29, 1.82) is 0 Å². The van der Waals surface area contributed by atoms with E-state index < -0.39 is 0 Å². The van der Waals surface area contributed by atoms with Crippen LogP contribution in [-0.4, -0.2) is 37.1 Å². The van der Waals surface area contributed by atoms with Crippen molar-refractivity contribution in [3.05, 3.63) is 0 Å². The van der Waals surface area contributed by atoms with Crippen LogP contribution in [0.15, 0.2) is 0 Å². The number of nitrogens with zero attached hydrogens (tertiary/aromatic N) is 1. The van der Waals surface area contributed by atoms with Gasteiger partial charge in [0, 0.05) is 32.2 Å². The lowest BCUT2D eigenvalue weighted by Crippen LogP contribution is -2.41. The quantitative estimate of drug-likeness (QED) is 0.740. The lowest BCUT2D eigenvalue weighted by Gasteiger charge is -2.33. The van der Waals surface area contributed by atoms with Crippen molar-refractivity contribution in [3.8, 4) is 0 Å². The molecular formula is C14H27NO2. The first-order chi connectivity index (χ1) is 8.00. The van der Waals surface area contributed by atoms with Gasteiger partial charge in [-0.05, 0) is 24.7 Å². The maximum absolute atomic E-state index is 11.8. The van der Waals surface area contributed by atoms with Crippen LogP contribution in [0.25, 0.3) is 0 Å². The normalized spacial score (nSPS) is 18.1. The van der Waals surface area contributed by atoms with E-state index in [1.807, 2.05) is 18.7 Å². The van der Waals surface area contributed by atoms with Gasteiger partial charge < -0.3 is 9.64 Å². The first-order valence-corrected chi connectivity index (χ1v) is 6.87. The molecule has 1 rings (SSSR count). The van der Waals surface area contributed by atoms with E-state index >= 15 is 0 Å². The van der Waals surface area contributed by atoms with Gasteiger partial charge in [-0.3, -0.25) is 4.79 Å². The molecule has 1 saturated heterocycles. The van der Waals surface area contributed by atoms with Crippen molar-refractivity contribution in [2.24, 2.45) is 17.8 Å². The van der Waals surface area contributed by atoms with Crippen molar-refractivity contribution in [1.82, 2.24) is 4.90 Å². The summed E-state index contributed by atoms with van der Waals surface area (Å²) in [5.74, 6) is 1.68. The maximum atomic E-state index is 11.8. The van der Waals surface area contributed by atoms with Gasteiger partial charge >= 0.3 is 0 Å². The molecule has 3 heteroatoms. The number of piperidine rings is 1. The van der Waals surface area contributed by atoms with E-state index in [2.05, 4.69) is 13.8 Å². The molecule has 0 aromatic heterocycles. The fraction of sp³-hybridized carbons (Fsp3) is 0.929. The molecule has 0 atom stereocenters. The summed E-state index contributed by atoms with van der Waals surface area (Å²) in [5.41, 5.74) is 0. The van der Waals surface area contributed by atoms with Crippen molar-refractivity contribution in [2.45, 2.75) is 40.5 Å². The summed E-state index contributed by atoms with van der Waals surface area (Å²) < 4.78 is 5.67. The summed E-state index contributed by atoms with van der Waals surface area (Å²) in [5, 5.41) is 0. The van der Waals surface area contributed by atoms with Crippen LogP contribution in [0.2, 0.25) is 0 Å². The van der Waals surface area contributed by atoms with Crippen LogP contribution < -0.4 is 0 Å². The molecule has 0 radical (unpaired) electrons. The molecule has 1 aliphatic rings.